The molecule has 2 aromatic carbocycles. The number of rotatable bonds is 5. The van der Waals surface area contributed by atoms with Gasteiger partial charge in [0.1, 0.15) is 18.2 Å². The molecule has 0 unspecified atom stereocenters. The van der Waals surface area contributed by atoms with E-state index >= 15 is 0 Å². The number of halogens is 1. The minimum absolute atomic E-state index is 0.133. The van der Waals surface area contributed by atoms with Gasteiger partial charge in [0.2, 0.25) is 0 Å². The summed E-state index contributed by atoms with van der Waals surface area (Å²) in [6.45, 7) is 0.323. The summed E-state index contributed by atoms with van der Waals surface area (Å²) >= 11 is 0. The predicted octanol–water partition coefficient (Wildman–Crippen LogP) is 2.88. The summed E-state index contributed by atoms with van der Waals surface area (Å²) in [7, 11) is 0. The SMILES string of the molecule is N=C(N)Cc1ccc(OCc2cccc(F)c2)cc1. The third kappa shape index (κ3) is 4.10. The van der Waals surface area contributed by atoms with Crippen LogP contribution in [0.5, 0.6) is 5.75 Å². The van der Waals surface area contributed by atoms with Crippen LogP contribution < -0.4 is 10.5 Å². The van der Waals surface area contributed by atoms with Gasteiger partial charge in [0, 0.05) is 6.42 Å². The lowest BCUT2D eigenvalue weighted by Gasteiger charge is -2.07. The van der Waals surface area contributed by atoms with E-state index in [1.54, 1.807) is 6.07 Å². The van der Waals surface area contributed by atoms with E-state index in [0.29, 0.717) is 18.8 Å². The first kappa shape index (κ1) is 13.1. The Morgan fingerprint density at radius 1 is 1.11 bits per heavy atom. The predicted molar refractivity (Wildman–Crippen MR) is 72.8 cm³/mol. The largest absolute Gasteiger partial charge is 0.489 e. The summed E-state index contributed by atoms with van der Waals surface area (Å²) in [4.78, 5) is 0. The Kier molecular flexibility index (Phi) is 4.13. The van der Waals surface area contributed by atoms with E-state index < -0.39 is 0 Å². The smallest absolute Gasteiger partial charge is 0.123 e. The highest BCUT2D eigenvalue weighted by atomic mass is 19.1. The monoisotopic (exact) mass is 258 g/mol. The standard InChI is InChI=1S/C15H15FN2O/c16-13-3-1-2-12(8-13)10-19-14-6-4-11(5-7-14)9-15(17)18/h1-8H,9-10H2,(H3,17,18). The maximum Gasteiger partial charge on any atom is 0.123 e. The van der Waals surface area contributed by atoms with Gasteiger partial charge in [0.05, 0.1) is 5.84 Å². The topological polar surface area (TPSA) is 59.1 Å². The van der Waals surface area contributed by atoms with Crippen molar-refractivity contribution in [2.75, 3.05) is 0 Å². The fraction of sp³-hybridized carbons (Fsp3) is 0.133. The molecule has 2 aromatic rings. The quantitative estimate of drug-likeness (QED) is 0.640. The van der Waals surface area contributed by atoms with Crippen molar-refractivity contribution in [3.63, 3.8) is 0 Å². The van der Waals surface area contributed by atoms with Crippen LogP contribution in [0.2, 0.25) is 0 Å². The van der Waals surface area contributed by atoms with Gasteiger partial charge < -0.3 is 10.5 Å². The van der Waals surface area contributed by atoms with E-state index in [0.717, 1.165) is 11.1 Å². The summed E-state index contributed by atoms with van der Waals surface area (Å²) < 4.78 is 18.5. The third-order valence-electron chi connectivity index (χ3n) is 2.61. The number of amidine groups is 1. The van der Waals surface area contributed by atoms with Gasteiger partial charge in [-0.25, -0.2) is 4.39 Å². The molecule has 0 aliphatic rings. The van der Waals surface area contributed by atoms with Gasteiger partial charge in [-0.2, -0.15) is 0 Å². The van der Waals surface area contributed by atoms with E-state index in [1.165, 1.54) is 12.1 Å². The maximum absolute atomic E-state index is 13.0. The fourth-order valence-corrected chi connectivity index (χ4v) is 1.72. The lowest BCUT2D eigenvalue weighted by molar-refractivity contribution is 0.305. The lowest BCUT2D eigenvalue weighted by Crippen LogP contribution is -2.12. The van der Waals surface area contributed by atoms with Crippen LogP contribution in [0.15, 0.2) is 48.5 Å². The highest BCUT2D eigenvalue weighted by Gasteiger charge is 1.99. The van der Waals surface area contributed by atoms with Crippen molar-refractivity contribution in [1.29, 1.82) is 5.41 Å². The van der Waals surface area contributed by atoms with Crippen LogP contribution in [-0.4, -0.2) is 5.84 Å². The zero-order chi connectivity index (χ0) is 13.7. The first-order chi connectivity index (χ1) is 9.13. The van der Waals surface area contributed by atoms with E-state index in [-0.39, 0.29) is 11.7 Å². The Bertz CT molecular complexity index is 567. The average Bonchev–Trinajstić information content (AvgIpc) is 2.37. The summed E-state index contributed by atoms with van der Waals surface area (Å²) in [6, 6.07) is 13.7. The first-order valence-corrected chi connectivity index (χ1v) is 5.92. The molecule has 0 heterocycles. The molecule has 0 aromatic heterocycles. The average molecular weight is 258 g/mol. The van der Waals surface area contributed by atoms with Crippen molar-refractivity contribution < 1.29 is 9.13 Å². The molecule has 0 aliphatic carbocycles. The Balaban J connectivity index is 1.94. The second kappa shape index (κ2) is 6.00. The molecule has 2 rings (SSSR count). The summed E-state index contributed by atoms with van der Waals surface area (Å²) in [6.07, 6.45) is 0.435. The van der Waals surface area contributed by atoms with Crippen LogP contribution in [-0.2, 0) is 13.0 Å². The van der Waals surface area contributed by atoms with Crippen molar-refractivity contribution in [1.82, 2.24) is 0 Å². The van der Waals surface area contributed by atoms with Gasteiger partial charge in [-0.3, -0.25) is 5.41 Å². The molecule has 19 heavy (non-hydrogen) atoms. The van der Waals surface area contributed by atoms with Crippen molar-refractivity contribution in [3.05, 3.63) is 65.5 Å². The Hall–Kier alpha value is -2.36. The molecule has 0 atom stereocenters. The summed E-state index contributed by atoms with van der Waals surface area (Å²) in [5.74, 6) is 0.572. The van der Waals surface area contributed by atoms with Crippen LogP contribution in [0.1, 0.15) is 11.1 Å². The van der Waals surface area contributed by atoms with Crippen molar-refractivity contribution in [2.45, 2.75) is 13.0 Å². The molecule has 0 saturated carbocycles. The number of benzene rings is 2. The van der Waals surface area contributed by atoms with Crippen molar-refractivity contribution in [3.8, 4) is 5.75 Å². The van der Waals surface area contributed by atoms with Crippen molar-refractivity contribution >= 4 is 5.84 Å². The minimum Gasteiger partial charge on any atom is -0.489 e. The van der Waals surface area contributed by atoms with Gasteiger partial charge >= 0.3 is 0 Å². The molecule has 0 fully saturated rings. The number of hydrogen-bond donors (Lipinski definition) is 2. The lowest BCUT2D eigenvalue weighted by atomic mass is 10.1. The van der Waals surface area contributed by atoms with Crippen LogP contribution in [0.4, 0.5) is 4.39 Å². The second-order valence-corrected chi connectivity index (χ2v) is 4.26. The van der Waals surface area contributed by atoms with Gasteiger partial charge in [-0.1, -0.05) is 24.3 Å². The van der Waals surface area contributed by atoms with E-state index in [1.807, 2.05) is 30.3 Å². The number of nitrogens with two attached hydrogens (primary N) is 1. The normalized spacial score (nSPS) is 10.2. The van der Waals surface area contributed by atoms with Crippen LogP contribution in [0.3, 0.4) is 0 Å². The minimum atomic E-state index is -0.266. The number of ether oxygens (including phenoxy) is 1. The number of nitrogens with one attached hydrogen (secondary N) is 1. The Morgan fingerprint density at radius 3 is 2.47 bits per heavy atom. The third-order valence-corrected chi connectivity index (χ3v) is 2.61. The van der Waals surface area contributed by atoms with Gasteiger partial charge in [-0.05, 0) is 35.4 Å². The Labute approximate surface area is 111 Å². The maximum atomic E-state index is 13.0. The highest BCUT2D eigenvalue weighted by molar-refractivity contribution is 5.79. The van der Waals surface area contributed by atoms with Crippen LogP contribution in [0, 0.1) is 11.2 Å². The van der Waals surface area contributed by atoms with E-state index in [2.05, 4.69) is 0 Å². The molecule has 0 bridgehead atoms. The van der Waals surface area contributed by atoms with Crippen LogP contribution >= 0.6 is 0 Å². The molecule has 98 valence electrons. The fourth-order valence-electron chi connectivity index (χ4n) is 1.72. The molecule has 4 heteroatoms. The van der Waals surface area contributed by atoms with Gasteiger partial charge in [-0.15, -0.1) is 0 Å². The molecule has 0 radical (unpaired) electrons. The molecule has 0 amide bonds. The van der Waals surface area contributed by atoms with Gasteiger partial charge in [0.25, 0.3) is 0 Å². The molecule has 3 nitrogen and oxygen atoms in total. The number of hydrogen-bond acceptors (Lipinski definition) is 2. The molecule has 0 saturated heterocycles. The molecular formula is C15H15FN2O. The molecule has 0 spiro atoms. The van der Waals surface area contributed by atoms with E-state index in [4.69, 9.17) is 15.9 Å². The zero-order valence-corrected chi connectivity index (χ0v) is 10.4. The molecule has 0 aliphatic heterocycles. The molecular weight excluding hydrogens is 243 g/mol. The van der Waals surface area contributed by atoms with Gasteiger partial charge in [0.15, 0.2) is 0 Å². The van der Waals surface area contributed by atoms with Crippen molar-refractivity contribution in [2.24, 2.45) is 5.73 Å². The Morgan fingerprint density at radius 2 is 1.84 bits per heavy atom. The van der Waals surface area contributed by atoms with E-state index in [9.17, 15) is 4.39 Å². The van der Waals surface area contributed by atoms with Crippen LogP contribution in [0.25, 0.3) is 0 Å². The highest BCUT2D eigenvalue weighted by Crippen LogP contribution is 2.15. The molecule has 3 N–H and O–H groups in total. The zero-order valence-electron chi connectivity index (χ0n) is 10.4. The second-order valence-electron chi connectivity index (χ2n) is 4.26. The summed E-state index contributed by atoms with van der Waals surface area (Å²) in [5, 5.41) is 7.21. The first-order valence-electron chi connectivity index (χ1n) is 5.92. The summed E-state index contributed by atoms with van der Waals surface area (Å²) in [5.41, 5.74) is 7.08.